The smallest absolute Gasteiger partial charge is 0.198 e. The van der Waals surface area contributed by atoms with Gasteiger partial charge in [-0.1, -0.05) is 18.2 Å². The molecule has 0 spiro atoms. The summed E-state index contributed by atoms with van der Waals surface area (Å²) in [6.07, 6.45) is 4.86. The molecular weight excluding hydrogens is 357 g/mol. The van der Waals surface area contributed by atoms with Gasteiger partial charge in [0.25, 0.3) is 0 Å². The summed E-state index contributed by atoms with van der Waals surface area (Å²) in [4.78, 5) is 15.6. The average molecular weight is 375 g/mol. The molecule has 0 atom stereocenters. The number of anilines is 1. The van der Waals surface area contributed by atoms with Crippen molar-refractivity contribution in [3.05, 3.63) is 77.6 Å². The number of H-pyrrole nitrogens is 1. The van der Waals surface area contributed by atoms with Crippen molar-refractivity contribution in [1.29, 1.82) is 0 Å². The van der Waals surface area contributed by atoms with Gasteiger partial charge in [0.1, 0.15) is 5.82 Å². The summed E-state index contributed by atoms with van der Waals surface area (Å²) in [5.74, 6) is -0.388. The minimum Gasteiger partial charge on any atom is -0.494 e. The summed E-state index contributed by atoms with van der Waals surface area (Å²) >= 11 is 0. The Bertz CT molecular complexity index is 1150. The molecule has 4 rings (SSSR count). The number of aromatic hydroxyl groups is 1. The van der Waals surface area contributed by atoms with E-state index >= 15 is 0 Å². The first-order valence-electron chi connectivity index (χ1n) is 8.75. The van der Waals surface area contributed by atoms with Gasteiger partial charge in [0.2, 0.25) is 0 Å². The van der Waals surface area contributed by atoms with E-state index in [1.807, 2.05) is 31.2 Å². The molecule has 0 fully saturated rings. The highest BCUT2D eigenvalue weighted by Gasteiger charge is 2.08. The third-order valence-corrected chi connectivity index (χ3v) is 4.32. The van der Waals surface area contributed by atoms with Crippen molar-refractivity contribution < 1.29 is 9.50 Å². The number of aromatic nitrogens is 3. The van der Waals surface area contributed by atoms with Crippen LogP contribution >= 0.6 is 0 Å². The number of rotatable bonds is 5. The minimum atomic E-state index is -0.419. The van der Waals surface area contributed by atoms with E-state index in [-0.39, 0.29) is 5.88 Å². The van der Waals surface area contributed by atoms with Gasteiger partial charge in [0.05, 0.1) is 41.1 Å². The Morgan fingerprint density at radius 1 is 1.18 bits per heavy atom. The standard InChI is InChI=1S/C21H18FN5O/c1-13-9-24-15(10-23-13)11-26-20-7-6-14(8-18(20)22)25-12-17-16-4-2-3-5-19(16)27-21(17)28/h2-10,12,26-28H,11H2,1H3. The molecular formula is C21H18FN5O. The summed E-state index contributed by atoms with van der Waals surface area (Å²) < 4.78 is 14.4. The van der Waals surface area contributed by atoms with Crippen LogP contribution in [0.3, 0.4) is 0 Å². The Hall–Kier alpha value is -3.74. The molecule has 2 heterocycles. The Labute approximate surface area is 160 Å². The first-order valence-corrected chi connectivity index (χ1v) is 8.75. The Morgan fingerprint density at radius 2 is 2.04 bits per heavy atom. The lowest BCUT2D eigenvalue weighted by molar-refractivity contribution is 0.457. The second kappa shape index (κ2) is 7.48. The molecule has 3 N–H and O–H groups in total. The maximum Gasteiger partial charge on any atom is 0.198 e. The molecule has 7 heteroatoms. The monoisotopic (exact) mass is 375 g/mol. The third kappa shape index (κ3) is 3.68. The van der Waals surface area contributed by atoms with Crippen molar-refractivity contribution >= 4 is 28.5 Å². The highest BCUT2D eigenvalue weighted by Crippen LogP contribution is 2.27. The van der Waals surface area contributed by atoms with Gasteiger partial charge in [-0.05, 0) is 25.1 Å². The Kier molecular flexibility index (Phi) is 4.72. The fraction of sp³-hybridized carbons (Fsp3) is 0.0952. The molecule has 0 amide bonds. The fourth-order valence-electron chi connectivity index (χ4n) is 2.84. The molecule has 0 radical (unpaired) electrons. The molecule has 6 nitrogen and oxygen atoms in total. The summed E-state index contributed by atoms with van der Waals surface area (Å²) in [6, 6.07) is 12.2. The Balaban J connectivity index is 1.50. The topological polar surface area (TPSA) is 86.2 Å². The van der Waals surface area contributed by atoms with E-state index in [0.29, 0.717) is 23.5 Å². The first-order chi connectivity index (χ1) is 13.6. The predicted octanol–water partition coefficient (Wildman–Crippen LogP) is 4.47. The number of aryl methyl sites for hydroxylation is 1. The van der Waals surface area contributed by atoms with Gasteiger partial charge in [-0.15, -0.1) is 0 Å². The van der Waals surface area contributed by atoms with Gasteiger partial charge in [-0.2, -0.15) is 0 Å². The number of halogens is 1. The lowest BCUT2D eigenvalue weighted by Gasteiger charge is -2.07. The van der Waals surface area contributed by atoms with E-state index in [0.717, 1.165) is 22.3 Å². The van der Waals surface area contributed by atoms with Crippen LogP contribution in [0.15, 0.2) is 59.9 Å². The number of aromatic amines is 1. The molecule has 2 aromatic carbocycles. The molecule has 0 aliphatic carbocycles. The van der Waals surface area contributed by atoms with Crippen molar-refractivity contribution in [3.8, 4) is 5.88 Å². The second-order valence-corrected chi connectivity index (χ2v) is 6.36. The molecule has 28 heavy (non-hydrogen) atoms. The van der Waals surface area contributed by atoms with Crippen molar-refractivity contribution in [3.63, 3.8) is 0 Å². The van der Waals surface area contributed by atoms with Gasteiger partial charge < -0.3 is 15.4 Å². The molecule has 0 aliphatic heterocycles. The van der Waals surface area contributed by atoms with Crippen LogP contribution in [0, 0.1) is 12.7 Å². The molecule has 140 valence electrons. The van der Waals surface area contributed by atoms with E-state index in [1.165, 1.54) is 12.3 Å². The van der Waals surface area contributed by atoms with Crippen LogP contribution in [0.4, 0.5) is 15.8 Å². The van der Waals surface area contributed by atoms with Gasteiger partial charge in [0, 0.05) is 29.4 Å². The highest BCUT2D eigenvalue weighted by atomic mass is 19.1. The van der Waals surface area contributed by atoms with Crippen molar-refractivity contribution in [2.24, 2.45) is 4.99 Å². The van der Waals surface area contributed by atoms with E-state index in [4.69, 9.17) is 0 Å². The van der Waals surface area contributed by atoms with Crippen LogP contribution in [-0.4, -0.2) is 26.3 Å². The zero-order valence-corrected chi connectivity index (χ0v) is 15.1. The number of hydrogen-bond donors (Lipinski definition) is 3. The van der Waals surface area contributed by atoms with E-state index < -0.39 is 5.82 Å². The van der Waals surface area contributed by atoms with Crippen LogP contribution in [0.5, 0.6) is 5.88 Å². The molecule has 2 aromatic heterocycles. The number of benzene rings is 2. The van der Waals surface area contributed by atoms with Gasteiger partial charge >= 0.3 is 0 Å². The lowest BCUT2D eigenvalue weighted by atomic mass is 10.2. The van der Waals surface area contributed by atoms with Crippen LogP contribution in [0.1, 0.15) is 17.0 Å². The largest absolute Gasteiger partial charge is 0.494 e. The first kappa shape index (κ1) is 17.7. The number of nitrogens with zero attached hydrogens (tertiary/aromatic N) is 3. The van der Waals surface area contributed by atoms with Crippen LogP contribution in [0.25, 0.3) is 10.9 Å². The van der Waals surface area contributed by atoms with Crippen LogP contribution < -0.4 is 5.32 Å². The van der Waals surface area contributed by atoms with Crippen molar-refractivity contribution in [2.45, 2.75) is 13.5 Å². The zero-order chi connectivity index (χ0) is 19.5. The molecule has 0 bridgehead atoms. The minimum absolute atomic E-state index is 0.0305. The summed E-state index contributed by atoms with van der Waals surface area (Å²) in [7, 11) is 0. The lowest BCUT2D eigenvalue weighted by Crippen LogP contribution is -2.04. The normalized spacial score (nSPS) is 11.4. The summed E-state index contributed by atoms with van der Waals surface area (Å²) in [6.45, 7) is 2.23. The van der Waals surface area contributed by atoms with Gasteiger partial charge in [-0.25, -0.2) is 4.39 Å². The zero-order valence-electron chi connectivity index (χ0n) is 15.1. The number of nitrogens with one attached hydrogen (secondary N) is 2. The van der Waals surface area contributed by atoms with Crippen molar-refractivity contribution in [1.82, 2.24) is 15.0 Å². The molecule has 4 aromatic rings. The maximum atomic E-state index is 14.4. The van der Waals surface area contributed by atoms with Crippen LogP contribution in [-0.2, 0) is 6.54 Å². The van der Waals surface area contributed by atoms with E-state index in [2.05, 4.69) is 25.3 Å². The Morgan fingerprint density at radius 3 is 2.82 bits per heavy atom. The van der Waals surface area contributed by atoms with E-state index in [9.17, 15) is 9.50 Å². The number of hydrogen-bond acceptors (Lipinski definition) is 5. The van der Waals surface area contributed by atoms with Crippen molar-refractivity contribution in [2.75, 3.05) is 5.32 Å². The SMILES string of the molecule is Cc1cnc(CNc2ccc(N=Cc3c(O)[nH]c4ccccc34)cc2F)cn1. The van der Waals surface area contributed by atoms with Crippen LogP contribution in [0.2, 0.25) is 0 Å². The fourth-order valence-corrected chi connectivity index (χ4v) is 2.84. The third-order valence-electron chi connectivity index (χ3n) is 4.32. The van der Waals surface area contributed by atoms with Gasteiger partial charge in [0.15, 0.2) is 5.88 Å². The van der Waals surface area contributed by atoms with Gasteiger partial charge in [-0.3, -0.25) is 15.0 Å². The molecule has 0 unspecified atom stereocenters. The molecule has 0 saturated heterocycles. The number of aliphatic imine (C=N–C) groups is 1. The second-order valence-electron chi connectivity index (χ2n) is 6.36. The summed E-state index contributed by atoms with van der Waals surface area (Å²) in [5.41, 5.74) is 3.74. The maximum absolute atomic E-state index is 14.4. The quantitative estimate of drug-likeness (QED) is 0.449. The average Bonchev–Trinajstić information content (AvgIpc) is 3.02. The molecule has 0 saturated carbocycles. The summed E-state index contributed by atoms with van der Waals surface area (Å²) in [5, 5.41) is 13.9. The highest BCUT2D eigenvalue weighted by molar-refractivity contribution is 6.02. The number of para-hydroxylation sites is 1. The molecule has 0 aliphatic rings. The predicted molar refractivity (Wildman–Crippen MR) is 108 cm³/mol. The van der Waals surface area contributed by atoms with E-state index in [1.54, 1.807) is 24.5 Å². The number of fused-ring (bicyclic) bond motifs is 1.